The van der Waals surface area contributed by atoms with Crippen LogP contribution in [0.2, 0.25) is 0 Å². The Bertz CT molecular complexity index is 912. The molecule has 21 heavy (non-hydrogen) atoms. The third kappa shape index (κ3) is 2.08. The van der Waals surface area contributed by atoms with Crippen molar-refractivity contribution in [1.29, 1.82) is 0 Å². The van der Waals surface area contributed by atoms with Gasteiger partial charge in [-0.15, -0.1) is 11.3 Å². The molecule has 0 saturated carbocycles. The summed E-state index contributed by atoms with van der Waals surface area (Å²) in [4.78, 5) is 2.10. The topological polar surface area (TPSA) is 3.24 Å². The smallest absolute Gasteiger partial charge is 0.0361 e. The first-order valence-electron chi connectivity index (χ1n) is 7.02. The maximum atomic E-state index is 2.22. The fourth-order valence-corrected chi connectivity index (χ4v) is 3.96. The molecule has 0 unspecified atom stereocenters. The first-order valence-corrected chi connectivity index (χ1v) is 7.84. The third-order valence-corrected chi connectivity index (χ3v) is 4.90. The summed E-state index contributed by atoms with van der Waals surface area (Å²) in [5.74, 6) is 0. The zero-order chi connectivity index (χ0) is 14.2. The van der Waals surface area contributed by atoms with Crippen LogP contribution in [0.25, 0.3) is 25.7 Å². The second-order valence-electron chi connectivity index (χ2n) is 5.23. The molecule has 0 radical (unpaired) electrons. The Morgan fingerprint density at radius 2 is 1.76 bits per heavy atom. The molecule has 0 N–H and O–H groups in total. The predicted molar refractivity (Wildman–Crippen MR) is 93.4 cm³/mol. The van der Waals surface area contributed by atoms with Crippen LogP contribution in [0.4, 0.5) is 0 Å². The normalized spacial score (nSPS) is 14.7. The molecule has 1 aromatic heterocycles. The van der Waals surface area contributed by atoms with Gasteiger partial charge in [-0.2, -0.15) is 0 Å². The van der Waals surface area contributed by atoms with Crippen molar-refractivity contribution in [3.8, 4) is 0 Å². The first-order chi connectivity index (χ1) is 10.3. The van der Waals surface area contributed by atoms with E-state index < -0.39 is 0 Å². The SMILES string of the molecule is CN1C=CC=CC(c2cccc3sc4ccccc4c23)=C1. The minimum atomic E-state index is 1.25. The molecule has 0 aliphatic carbocycles. The number of fused-ring (bicyclic) bond motifs is 3. The Labute approximate surface area is 128 Å². The average Bonchev–Trinajstić information content (AvgIpc) is 2.75. The molecule has 2 heterocycles. The maximum absolute atomic E-state index is 2.22. The van der Waals surface area contributed by atoms with Gasteiger partial charge >= 0.3 is 0 Å². The van der Waals surface area contributed by atoms with E-state index >= 15 is 0 Å². The lowest BCUT2D eigenvalue weighted by Gasteiger charge is -2.10. The van der Waals surface area contributed by atoms with E-state index in [2.05, 4.69) is 85.0 Å². The molecule has 2 aromatic carbocycles. The fraction of sp³-hybridized carbons (Fsp3) is 0.0526. The third-order valence-electron chi connectivity index (χ3n) is 3.76. The van der Waals surface area contributed by atoms with Gasteiger partial charge in [0.25, 0.3) is 0 Å². The Kier molecular flexibility index (Phi) is 2.90. The number of nitrogens with zero attached hydrogens (tertiary/aromatic N) is 1. The summed E-state index contributed by atoms with van der Waals surface area (Å²) in [5.41, 5.74) is 2.55. The second kappa shape index (κ2) is 4.90. The molecule has 102 valence electrons. The molecule has 0 amide bonds. The molecular weight excluding hydrogens is 274 g/mol. The molecule has 0 fully saturated rings. The number of hydrogen-bond acceptors (Lipinski definition) is 2. The lowest BCUT2D eigenvalue weighted by Crippen LogP contribution is -2.00. The Morgan fingerprint density at radius 1 is 0.905 bits per heavy atom. The summed E-state index contributed by atoms with van der Waals surface area (Å²) < 4.78 is 2.70. The van der Waals surface area contributed by atoms with Crippen molar-refractivity contribution >= 4 is 37.1 Å². The van der Waals surface area contributed by atoms with Crippen LogP contribution in [0.15, 0.2) is 73.1 Å². The molecule has 1 aliphatic heterocycles. The van der Waals surface area contributed by atoms with Crippen LogP contribution in [-0.2, 0) is 0 Å². The summed E-state index contributed by atoms with van der Waals surface area (Å²) in [7, 11) is 2.06. The van der Waals surface area contributed by atoms with E-state index in [1.165, 1.54) is 31.3 Å². The number of thiophene rings is 1. The van der Waals surface area contributed by atoms with E-state index in [1.54, 1.807) is 0 Å². The van der Waals surface area contributed by atoms with E-state index in [0.29, 0.717) is 0 Å². The van der Waals surface area contributed by atoms with Crippen LogP contribution >= 0.6 is 11.3 Å². The molecule has 3 aromatic rings. The first kappa shape index (κ1) is 12.4. The van der Waals surface area contributed by atoms with Crippen LogP contribution in [0.3, 0.4) is 0 Å². The van der Waals surface area contributed by atoms with Gasteiger partial charge < -0.3 is 4.90 Å². The molecule has 4 rings (SSSR count). The van der Waals surface area contributed by atoms with Crippen molar-refractivity contribution in [1.82, 2.24) is 4.90 Å². The van der Waals surface area contributed by atoms with Crippen molar-refractivity contribution in [3.05, 3.63) is 78.7 Å². The number of hydrogen-bond donors (Lipinski definition) is 0. The van der Waals surface area contributed by atoms with E-state index in [0.717, 1.165) is 0 Å². The van der Waals surface area contributed by atoms with Gasteiger partial charge in [-0.1, -0.05) is 42.5 Å². The quantitative estimate of drug-likeness (QED) is 0.579. The Hall–Kier alpha value is -2.32. The molecule has 1 nitrogen and oxygen atoms in total. The molecule has 2 heteroatoms. The van der Waals surface area contributed by atoms with Crippen LogP contribution in [-0.4, -0.2) is 11.9 Å². The molecule has 0 atom stereocenters. The summed E-state index contributed by atoms with van der Waals surface area (Å²) in [5, 5.41) is 2.71. The van der Waals surface area contributed by atoms with Crippen molar-refractivity contribution in [2.75, 3.05) is 7.05 Å². The Morgan fingerprint density at radius 3 is 2.71 bits per heavy atom. The van der Waals surface area contributed by atoms with Gasteiger partial charge in [0.2, 0.25) is 0 Å². The van der Waals surface area contributed by atoms with Gasteiger partial charge in [0.15, 0.2) is 0 Å². The summed E-state index contributed by atoms with van der Waals surface area (Å²) >= 11 is 1.87. The highest BCUT2D eigenvalue weighted by atomic mass is 32.1. The minimum absolute atomic E-state index is 1.25. The zero-order valence-electron chi connectivity index (χ0n) is 11.8. The largest absolute Gasteiger partial charge is 0.357 e. The highest BCUT2D eigenvalue weighted by molar-refractivity contribution is 7.25. The van der Waals surface area contributed by atoms with E-state index in [1.807, 2.05) is 11.3 Å². The summed E-state index contributed by atoms with van der Waals surface area (Å²) in [6, 6.07) is 15.2. The van der Waals surface area contributed by atoms with Gasteiger partial charge in [0.05, 0.1) is 0 Å². The number of allylic oxidation sites excluding steroid dienone is 4. The second-order valence-corrected chi connectivity index (χ2v) is 6.31. The predicted octanol–water partition coefficient (Wildman–Crippen LogP) is 5.41. The molecular formula is C19H15NS. The minimum Gasteiger partial charge on any atom is -0.357 e. The highest BCUT2D eigenvalue weighted by Gasteiger charge is 2.11. The van der Waals surface area contributed by atoms with Gasteiger partial charge in [-0.3, -0.25) is 0 Å². The van der Waals surface area contributed by atoms with Crippen molar-refractivity contribution in [3.63, 3.8) is 0 Å². The fourth-order valence-electron chi connectivity index (χ4n) is 2.82. The van der Waals surface area contributed by atoms with Crippen molar-refractivity contribution in [2.45, 2.75) is 0 Å². The standard InChI is InChI=1S/C19H15NS/c1-20-12-5-4-7-14(13-20)15-9-6-11-18-19(15)16-8-2-3-10-17(16)21-18/h2-13H,1H3. The number of rotatable bonds is 1. The van der Waals surface area contributed by atoms with Crippen LogP contribution < -0.4 is 0 Å². The van der Waals surface area contributed by atoms with Crippen molar-refractivity contribution in [2.24, 2.45) is 0 Å². The van der Waals surface area contributed by atoms with Crippen molar-refractivity contribution < 1.29 is 0 Å². The van der Waals surface area contributed by atoms with Gasteiger partial charge in [0, 0.05) is 39.6 Å². The van der Waals surface area contributed by atoms with Crippen LogP contribution in [0.5, 0.6) is 0 Å². The molecule has 1 aliphatic rings. The summed E-state index contributed by atoms with van der Waals surface area (Å²) in [6.07, 6.45) is 10.6. The van der Waals surface area contributed by atoms with E-state index in [4.69, 9.17) is 0 Å². The van der Waals surface area contributed by atoms with E-state index in [-0.39, 0.29) is 0 Å². The van der Waals surface area contributed by atoms with Crippen LogP contribution in [0.1, 0.15) is 5.56 Å². The molecule has 0 spiro atoms. The van der Waals surface area contributed by atoms with E-state index in [9.17, 15) is 0 Å². The zero-order valence-corrected chi connectivity index (χ0v) is 12.6. The Balaban J connectivity index is 2.05. The average molecular weight is 289 g/mol. The maximum Gasteiger partial charge on any atom is 0.0361 e. The molecule has 0 bridgehead atoms. The highest BCUT2D eigenvalue weighted by Crippen LogP contribution is 2.38. The van der Waals surface area contributed by atoms with Gasteiger partial charge in [-0.05, 0) is 29.3 Å². The summed E-state index contributed by atoms with van der Waals surface area (Å²) in [6.45, 7) is 0. The lowest BCUT2D eigenvalue weighted by molar-refractivity contribution is 0.629. The van der Waals surface area contributed by atoms with Gasteiger partial charge in [0.1, 0.15) is 0 Å². The van der Waals surface area contributed by atoms with Crippen LogP contribution in [0, 0.1) is 0 Å². The lowest BCUT2D eigenvalue weighted by atomic mass is 10.00. The number of benzene rings is 2. The molecule has 0 saturated heterocycles. The monoisotopic (exact) mass is 289 g/mol. The van der Waals surface area contributed by atoms with Gasteiger partial charge in [-0.25, -0.2) is 0 Å².